The molecule has 2 amide bonds. The number of benzene rings is 2. The van der Waals surface area contributed by atoms with E-state index in [-0.39, 0.29) is 17.5 Å². The number of hydrogen-bond acceptors (Lipinski definition) is 4. The van der Waals surface area contributed by atoms with Gasteiger partial charge in [-0.25, -0.2) is 0 Å². The van der Waals surface area contributed by atoms with Gasteiger partial charge >= 0.3 is 0 Å². The molecule has 0 saturated carbocycles. The highest BCUT2D eigenvalue weighted by molar-refractivity contribution is 6.05. The minimum atomic E-state index is -0.488. The molecule has 0 saturated heterocycles. The lowest BCUT2D eigenvalue weighted by molar-refractivity contribution is -0.384. The van der Waals surface area contributed by atoms with E-state index in [0.717, 1.165) is 0 Å². The van der Waals surface area contributed by atoms with Gasteiger partial charge in [-0.3, -0.25) is 19.7 Å². The minimum Gasteiger partial charge on any atom is -0.326 e. The maximum atomic E-state index is 12.3. The topological polar surface area (TPSA) is 101 Å². The molecule has 2 rings (SSSR count). The maximum absolute atomic E-state index is 12.3. The standard InChI is InChI=1S/C17H17N3O4/c1-3-16(21)18-13-6-4-5-12(10-13)17(22)19-15-8-7-14(20(23)24)9-11(15)2/h4-10H,3H2,1-2H3,(H,18,21)(H,19,22). The minimum absolute atomic E-state index is 0.0326. The Bertz CT molecular complexity index is 802. The molecule has 0 aliphatic carbocycles. The van der Waals surface area contributed by atoms with Crippen molar-refractivity contribution in [2.24, 2.45) is 0 Å². The fourth-order valence-corrected chi connectivity index (χ4v) is 2.08. The van der Waals surface area contributed by atoms with Crippen molar-refractivity contribution in [3.05, 3.63) is 63.7 Å². The SMILES string of the molecule is CCC(=O)Nc1cccc(C(=O)Nc2ccc([N+](=O)[O-])cc2C)c1. The third-order valence-corrected chi connectivity index (χ3v) is 3.40. The van der Waals surface area contributed by atoms with Crippen LogP contribution in [0.1, 0.15) is 29.3 Å². The summed E-state index contributed by atoms with van der Waals surface area (Å²) in [6.07, 6.45) is 0.346. The Morgan fingerprint density at radius 1 is 1.12 bits per heavy atom. The van der Waals surface area contributed by atoms with E-state index < -0.39 is 4.92 Å². The first kappa shape index (κ1) is 17.1. The van der Waals surface area contributed by atoms with Crippen LogP contribution in [0.25, 0.3) is 0 Å². The van der Waals surface area contributed by atoms with Crippen molar-refractivity contribution in [3.8, 4) is 0 Å². The predicted molar refractivity (Wildman–Crippen MR) is 91.1 cm³/mol. The number of nitrogens with one attached hydrogen (secondary N) is 2. The van der Waals surface area contributed by atoms with Gasteiger partial charge in [0.25, 0.3) is 11.6 Å². The number of aryl methyl sites for hydroxylation is 1. The second-order valence-electron chi connectivity index (χ2n) is 5.19. The van der Waals surface area contributed by atoms with Crippen LogP contribution in [0.5, 0.6) is 0 Å². The summed E-state index contributed by atoms with van der Waals surface area (Å²) < 4.78 is 0. The number of nitrogens with zero attached hydrogens (tertiary/aromatic N) is 1. The van der Waals surface area contributed by atoms with Gasteiger partial charge in [0.05, 0.1) is 4.92 Å². The normalized spacial score (nSPS) is 10.1. The molecule has 24 heavy (non-hydrogen) atoms. The van der Waals surface area contributed by atoms with Crippen molar-refractivity contribution in [1.29, 1.82) is 0 Å². The van der Waals surface area contributed by atoms with Crippen molar-refractivity contribution in [3.63, 3.8) is 0 Å². The van der Waals surface area contributed by atoms with Gasteiger partial charge in [0.2, 0.25) is 5.91 Å². The van der Waals surface area contributed by atoms with Crippen LogP contribution in [-0.2, 0) is 4.79 Å². The largest absolute Gasteiger partial charge is 0.326 e. The summed E-state index contributed by atoms with van der Waals surface area (Å²) in [6.45, 7) is 3.42. The summed E-state index contributed by atoms with van der Waals surface area (Å²) in [7, 11) is 0. The predicted octanol–water partition coefficient (Wildman–Crippen LogP) is 3.50. The Hall–Kier alpha value is -3.22. The molecule has 0 atom stereocenters. The number of nitro groups is 1. The fraction of sp³-hybridized carbons (Fsp3) is 0.176. The van der Waals surface area contributed by atoms with Gasteiger partial charge in [-0.15, -0.1) is 0 Å². The van der Waals surface area contributed by atoms with Crippen LogP contribution < -0.4 is 10.6 Å². The second-order valence-corrected chi connectivity index (χ2v) is 5.19. The van der Waals surface area contributed by atoms with Crippen molar-refractivity contribution in [1.82, 2.24) is 0 Å². The van der Waals surface area contributed by atoms with Crippen LogP contribution in [-0.4, -0.2) is 16.7 Å². The molecule has 0 heterocycles. The first-order valence-electron chi connectivity index (χ1n) is 7.37. The number of non-ortho nitro benzene ring substituents is 1. The summed E-state index contributed by atoms with van der Waals surface area (Å²) in [5.41, 5.74) is 1.97. The first-order chi connectivity index (χ1) is 11.4. The number of carbonyl (C=O) groups excluding carboxylic acids is 2. The van der Waals surface area contributed by atoms with Crippen LogP contribution in [0.2, 0.25) is 0 Å². The van der Waals surface area contributed by atoms with Gasteiger partial charge in [0, 0.05) is 35.5 Å². The molecule has 124 valence electrons. The second kappa shape index (κ2) is 7.36. The summed E-state index contributed by atoms with van der Waals surface area (Å²) >= 11 is 0. The lowest BCUT2D eigenvalue weighted by atomic mass is 10.1. The van der Waals surface area contributed by atoms with Crippen molar-refractivity contribution in [2.45, 2.75) is 20.3 Å². The molecule has 2 aromatic rings. The maximum Gasteiger partial charge on any atom is 0.269 e. The van der Waals surface area contributed by atoms with Gasteiger partial charge in [0.1, 0.15) is 0 Å². The Morgan fingerprint density at radius 3 is 2.50 bits per heavy atom. The van der Waals surface area contributed by atoms with Crippen LogP contribution in [0.4, 0.5) is 17.1 Å². The summed E-state index contributed by atoms with van der Waals surface area (Å²) in [5, 5.41) is 16.1. The van der Waals surface area contributed by atoms with E-state index in [1.807, 2.05) is 0 Å². The molecule has 2 N–H and O–H groups in total. The summed E-state index contributed by atoms with van der Waals surface area (Å²) in [4.78, 5) is 34.0. The number of hydrogen-bond donors (Lipinski definition) is 2. The van der Waals surface area contributed by atoms with Crippen molar-refractivity contribution < 1.29 is 14.5 Å². The Labute approximate surface area is 138 Å². The Morgan fingerprint density at radius 2 is 1.88 bits per heavy atom. The third kappa shape index (κ3) is 4.16. The lowest BCUT2D eigenvalue weighted by Crippen LogP contribution is -2.14. The average molecular weight is 327 g/mol. The van der Waals surface area contributed by atoms with Crippen LogP contribution in [0, 0.1) is 17.0 Å². The van der Waals surface area contributed by atoms with E-state index in [0.29, 0.717) is 28.9 Å². The van der Waals surface area contributed by atoms with Crippen LogP contribution in [0.15, 0.2) is 42.5 Å². The summed E-state index contributed by atoms with van der Waals surface area (Å²) in [5.74, 6) is -0.502. The molecule has 0 unspecified atom stereocenters. The quantitative estimate of drug-likeness (QED) is 0.648. The third-order valence-electron chi connectivity index (χ3n) is 3.40. The lowest BCUT2D eigenvalue weighted by Gasteiger charge is -2.10. The van der Waals surface area contributed by atoms with Crippen molar-refractivity contribution in [2.75, 3.05) is 10.6 Å². The number of rotatable bonds is 5. The molecule has 0 aromatic heterocycles. The molecule has 0 radical (unpaired) electrons. The molecule has 0 bridgehead atoms. The molecule has 0 fully saturated rings. The highest BCUT2D eigenvalue weighted by Crippen LogP contribution is 2.22. The van der Waals surface area contributed by atoms with Gasteiger partial charge in [-0.05, 0) is 36.8 Å². The first-order valence-corrected chi connectivity index (χ1v) is 7.37. The van der Waals surface area contributed by atoms with E-state index in [2.05, 4.69) is 10.6 Å². The van der Waals surface area contributed by atoms with Gasteiger partial charge in [0.15, 0.2) is 0 Å². The molecule has 0 aliphatic rings. The number of nitro benzene ring substituents is 1. The zero-order valence-electron chi connectivity index (χ0n) is 13.3. The van der Waals surface area contributed by atoms with E-state index in [9.17, 15) is 19.7 Å². The zero-order valence-corrected chi connectivity index (χ0v) is 13.3. The van der Waals surface area contributed by atoms with Crippen LogP contribution >= 0.6 is 0 Å². The molecular formula is C17H17N3O4. The molecule has 7 nitrogen and oxygen atoms in total. The van der Waals surface area contributed by atoms with E-state index >= 15 is 0 Å². The van der Waals surface area contributed by atoms with E-state index in [1.165, 1.54) is 18.2 Å². The zero-order chi connectivity index (χ0) is 17.7. The molecule has 0 spiro atoms. The van der Waals surface area contributed by atoms with Gasteiger partial charge < -0.3 is 10.6 Å². The molecule has 2 aromatic carbocycles. The van der Waals surface area contributed by atoms with Crippen LogP contribution in [0.3, 0.4) is 0 Å². The molecule has 7 heteroatoms. The molecular weight excluding hydrogens is 310 g/mol. The Kier molecular flexibility index (Phi) is 5.26. The van der Waals surface area contributed by atoms with Crippen molar-refractivity contribution >= 4 is 28.9 Å². The summed E-state index contributed by atoms with van der Waals surface area (Å²) in [6, 6.07) is 10.8. The smallest absolute Gasteiger partial charge is 0.269 e. The number of anilines is 2. The number of carbonyl (C=O) groups is 2. The molecule has 0 aliphatic heterocycles. The van der Waals surface area contributed by atoms with E-state index in [4.69, 9.17) is 0 Å². The van der Waals surface area contributed by atoms with E-state index in [1.54, 1.807) is 38.1 Å². The Balaban J connectivity index is 2.16. The van der Waals surface area contributed by atoms with Gasteiger partial charge in [-0.1, -0.05) is 13.0 Å². The van der Waals surface area contributed by atoms with Gasteiger partial charge in [-0.2, -0.15) is 0 Å². The highest BCUT2D eigenvalue weighted by Gasteiger charge is 2.12. The highest BCUT2D eigenvalue weighted by atomic mass is 16.6. The number of amides is 2. The fourth-order valence-electron chi connectivity index (χ4n) is 2.08. The average Bonchev–Trinajstić information content (AvgIpc) is 2.56. The monoisotopic (exact) mass is 327 g/mol.